The molecule has 0 aliphatic carbocycles. The molecule has 1 heterocycles. The van der Waals surface area contributed by atoms with E-state index in [-0.39, 0.29) is 24.7 Å². The van der Waals surface area contributed by atoms with Crippen LogP contribution in [0.5, 0.6) is 6.01 Å². The van der Waals surface area contributed by atoms with Gasteiger partial charge in [-0.1, -0.05) is 13.3 Å². The van der Waals surface area contributed by atoms with Gasteiger partial charge in [0.25, 0.3) is 0 Å². The molecule has 0 aromatic carbocycles. The van der Waals surface area contributed by atoms with Gasteiger partial charge in [-0.3, -0.25) is 0 Å². The van der Waals surface area contributed by atoms with Crippen LogP contribution in [0.2, 0.25) is 0 Å². The lowest BCUT2D eigenvalue weighted by Crippen LogP contribution is -2.18. The van der Waals surface area contributed by atoms with E-state index >= 15 is 0 Å². The van der Waals surface area contributed by atoms with Crippen molar-refractivity contribution >= 4 is 11.9 Å². The molecule has 0 spiro atoms. The van der Waals surface area contributed by atoms with E-state index in [0.717, 1.165) is 12.8 Å². The summed E-state index contributed by atoms with van der Waals surface area (Å²) in [6, 6.07) is 0.222. The summed E-state index contributed by atoms with van der Waals surface area (Å²) in [7, 11) is 0. The van der Waals surface area contributed by atoms with Crippen LogP contribution in [0.25, 0.3) is 0 Å². The Morgan fingerprint density at radius 1 is 1.32 bits per heavy atom. The molecule has 0 amide bonds. The van der Waals surface area contributed by atoms with Crippen LogP contribution in [0.1, 0.15) is 33.6 Å². The Bertz CT molecular complexity index is 386. The number of hydrogen-bond donors (Lipinski definition) is 3. The zero-order valence-corrected chi connectivity index (χ0v) is 11.8. The average molecular weight is 269 g/mol. The summed E-state index contributed by atoms with van der Waals surface area (Å²) in [5.41, 5.74) is 5.61. The number of nitrogens with one attached hydrogen (secondary N) is 1. The van der Waals surface area contributed by atoms with Crippen LogP contribution in [-0.2, 0) is 0 Å². The SMILES string of the molecule is CCC(CCO)CNc1nc(N)nc(OC(C)C)n1. The molecule has 0 aliphatic heterocycles. The van der Waals surface area contributed by atoms with Gasteiger partial charge in [0.05, 0.1) is 6.10 Å². The Labute approximate surface area is 113 Å². The molecular formula is C12H23N5O2. The number of aliphatic hydroxyl groups is 1. The number of aromatic nitrogens is 3. The van der Waals surface area contributed by atoms with Crippen molar-refractivity contribution in [1.29, 1.82) is 0 Å². The fraction of sp³-hybridized carbons (Fsp3) is 0.750. The van der Waals surface area contributed by atoms with Crippen LogP contribution in [0.4, 0.5) is 11.9 Å². The largest absolute Gasteiger partial charge is 0.461 e. The quantitative estimate of drug-likeness (QED) is 0.648. The zero-order chi connectivity index (χ0) is 14.3. The summed E-state index contributed by atoms with van der Waals surface area (Å²) in [6.45, 7) is 6.73. The highest BCUT2D eigenvalue weighted by molar-refractivity contribution is 5.32. The van der Waals surface area contributed by atoms with Gasteiger partial charge in [-0.2, -0.15) is 15.0 Å². The summed E-state index contributed by atoms with van der Waals surface area (Å²) in [6.07, 6.45) is 1.70. The molecule has 7 nitrogen and oxygen atoms in total. The van der Waals surface area contributed by atoms with Crippen molar-refractivity contribution in [2.45, 2.75) is 39.7 Å². The van der Waals surface area contributed by atoms with Gasteiger partial charge < -0.3 is 20.9 Å². The summed E-state index contributed by atoms with van der Waals surface area (Å²) in [4.78, 5) is 12.1. The van der Waals surface area contributed by atoms with Crippen LogP contribution in [0.3, 0.4) is 0 Å². The van der Waals surface area contributed by atoms with Crippen molar-refractivity contribution in [2.75, 3.05) is 24.2 Å². The van der Waals surface area contributed by atoms with E-state index in [2.05, 4.69) is 27.2 Å². The molecule has 0 saturated heterocycles. The van der Waals surface area contributed by atoms with E-state index in [1.165, 1.54) is 0 Å². The second kappa shape index (κ2) is 7.73. The van der Waals surface area contributed by atoms with Crippen LogP contribution in [0, 0.1) is 5.92 Å². The van der Waals surface area contributed by atoms with Crippen molar-refractivity contribution < 1.29 is 9.84 Å². The molecule has 1 aromatic heterocycles. The molecule has 1 unspecified atom stereocenters. The van der Waals surface area contributed by atoms with Gasteiger partial charge >= 0.3 is 6.01 Å². The van der Waals surface area contributed by atoms with Crippen molar-refractivity contribution in [2.24, 2.45) is 5.92 Å². The highest BCUT2D eigenvalue weighted by atomic mass is 16.5. The minimum absolute atomic E-state index is 0.0209. The van der Waals surface area contributed by atoms with E-state index in [1.54, 1.807) is 0 Å². The molecule has 7 heteroatoms. The average Bonchev–Trinajstić information content (AvgIpc) is 2.33. The van der Waals surface area contributed by atoms with Gasteiger partial charge in [-0.05, 0) is 26.2 Å². The molecule has 0 fully saturated rings. The maximum absolute atomic E-state index is 8.94. The molecule has 108 valence electrons. The lowest BCUT2D eigenvalue weighted by atomic mass is 10.0. The first kappa shape index (κ1) is 15.4. The van der Waals surface area contributed by atoms with E-state index in [1.807, 2.05) is 13.8 Å². The van der Waals surface area contributed by atoms with Gasteiger partial charge in [0, 0.05) is 13.2 Å². The summed E-state index contributed by atoms with van der Waals surface area (Å²) < 4.78 is 5.39. The monoisotopic (exact) mass is 269 g/mol. The maximum atomic E-state index is 8.94. The first-order valence-corrected chi connectivity index (χ1v) is 6.58. The minimum Gasteiger partial charge on any atom is -0.461 e. The minimum atomic E-state index is -0.0209. The fourth-order valence-corrected chi connectivity index (χ4v) is 1.58. The van der Waals surface area contributed by atoms with Gasteiger partial charge in [0.1, 0.15) is 0 Å². The fourth-order valence-electron chi connectivity index (χ4n) is 1.58. The number of nitrogens with two attached hydrogens (primary N) is 1. The molecule has 0 radical (unpaired) electrons. The van der Waals surface area contributed by atoms with Gasteiger partial charge in [-0.25, -0.2) is 0 Å². The van der Waals surface area contributed by atoms with Crippen molar-refractivity contribution in [3.63, 3.8) is 0 Å². The van der Waals surface area contributed by atoms with E-state index in [9.17, 15) is 0 Å². The topological polar surface area (TPSA) is 106 Å². The zero-order valence-electron chi connectivity index (χ0n) is 11.8. The van der Waals surface area contributed by atoms with Crippen LogP contribution in [-0.4, -0.2) is 39.3 Å². The van der Waals surface area contributed by atoms with E-state index in [0.29, 0.717) is 18.4 Å². The smallest absolute Gasteiger partial charge is 0.323 e. The van der Waals surface area contributed by atoms with E-state index in [4.69, 9.17) is 15.6 Å². The predicted molar refractivity (Wildman–Crippen MR) is 74.0 cm³/mol. The van der Waals surface area contributed by atoms with Crippen LogP contribution < -0.4 is 15.8 Å². The molecule has 1 atom stereocenters. The molecule has 0 aliphatic rings. The summed E-state index contributed by atoms with van der Waals surface area (Å²) in [5, 5.41) is 12.0. The Morgan fingerprint density at radius 3 is 2.63 bits per heavy atom. The summed E-state index contributed by atoms with van der Waals surface area (Å²) >= 11 is 0. The predicted octanol–water partition coefficient (Wildman–Crippen LogP) is 1.06. The number of rotatable bonds is 8. The highest BCUT2D eigenvalue weighted by Crippen LogP contribution is 2.13. The first-order valence-electron chi connectivity index (χ1n) is 6.58. The number of nitrogens with zero attached hydrogens (tertiary/aromatic N) is 3. The Balaban J connectivity index is 2.64. The third-order valence-electron chi connectivity index (χ3n) is 2.64. The lowest BCUT2D eigenvalue weighted by molar-refractivity contribution is 0.222. The molecular weight excluding hydrogens is 246 g/mol. The van der Waals surface area contributed by atoms with Gasteiger partial charge in [0.15, 0.2) is 0 Å². The second-order valence-electron chi connectivity index (χ2n) is 4.63. The third kappa shape index (κ3) is 5.69. The molecule has 19 heavy (non-hydrogen) atoms. The number of aliphatic hydroxyl groups excluding tert-OH is 1. The molecule has 0 saturated carbocycles. The molecule has 1 rings (SSSR count). The number of ether oxygens (including phenoxy) is 1. The van der Waals surface area contributed by atoms with Gasteiger partial charge in [-0.15, -0.1) is 0 Å². The number of anilines is 2. The first-order chi connectivity index (χ1) is 9.05. The molecule has 1 aromatic rings. The van der Waals surface area contributed by atoms with Crippen molar-refractivity contribution in [1.82, 2.24) is 15.0 Å². The molecule has 4 N–H and O–H groups in total. The Hall–Kier alpha value is -1.63. The normalized spacial score (nSPS) is 12.5. The van der Waals surface area contributed by atoms with Crippen molar-refractivity contribution in [3.8, 4) is 6.01 Å². The van der Waals surface area contributed by atoms with Crippen LogP contribution >= 0.6 is 0 Å². The second-order valence-corrected chi connectivity index (χ2v) is 4.63. The maximum Gasteiger partial charge on any atom is 0.323 e. The lowest BCUT2D eigenvalue weighted by Gasteiger charge is -2.15. The van der Waals surface area contributed by atoms with E-state index < -0.39 is 0 Å². The number of nitrogen functional groups attached to an aromatic ring is 1. The standard InChI is InChI=1S/C12H23N5O2/c1-4-9(5-6-18)7-14-11-15-10(13)16-12(17-11)19-8(2)3/h8-9,18H,4-7H2,1-3H3,(H3,13,14,15,16,17). The number of hydrogen-bond acceptors (Lipinski definition) is 7. The van der Waals surface area contributed by atoms with Crippen molar-refractivity contribution in [3.05, 3.63) is 0 Å². The van der Waals surface area contributed by atoms with Crippen LogP contribution in [0.15, 0.2) is 0 Å². The Morgan fingerprint density at radius 2 is 2.05 bits per heavy atom. The van der Waals surface area contributed by atoms with Gasteiger partial charge in [0.2, 0.25) is 11.9 Å². The Kier molecular flexibility index (Phi) is 6.27. The highest BCUT2D eigenvalue weighted by Gasteiger charge is 2.09. The summed E-state index contributed by atoms with van der Waals surface area (Å²) in [5.74, 6) is 0.903. The third-order valence-corrected chi connectivity index (χ3v) is 2.64. The molecule has 0 bridgehead atoms.